The highest BCUT2D eigenvalue weighted by atomic mass is 127. The van der Waals surface area contributed by atoms with Crippen LogP contribution in [0.4, 0.5) is 5.69 Å². The van der Waals surface area contributed by atoms with Gasteiger partial charge in [-0.15, -0.1) is 0 Å². The average Bonchev–Trinajstić information content (AvgIpc) is 2.59. The molecule has 5 nitrogen and oxygen atoms in total. The molecule has 25 heavy (non-hydrogen) atoms. The summed E-state index contributed by atoms with van der Waals surface area (Å²) < 4.78 is 6.45. The fourth-order valence-corrected chi connectivity index (χ4v) is 3.48. The molecule has 0 aliphatic rings. The van der Waals surface area contributed by atoms with E-state index in [0.29, 0.717) is 31.7 Å². The van der Waals surface area contributed by atoms with Crippen molar-refractivity contribution in [1.29, 1.82) is 5.26 Å². The van der Waals surface area contributed by atoms with Gasteiger partial charge in [0.05, 0.1) is 14.6 Å². The van der Waals surface area contributed by atoms with Crippen LogP contribution in [0.5, 0.6) is 11.5 Å². The number of amides is 1. The molecule has 1 amide bonds. The Morgan fingerprint density at radius 2 is 2.08 bits per heavy atom. The third-order valence-corrected chi connectivity index (χ3v) is 4.57. The number of phenols is 1. The van der Waals surface area contributed by atoms with Crippen LogP contribution in [0.15, 0.2) is 46.4 Å². The molecule has 0 saturated carbocycles. The van der Waals surface area contributed by atoms with Gasteiger partial charge in [0, 0.05) is 5.69 Å². The highest BCUT2D eigenvalue weighted by molar-refractivity contribution is 14.1. The summed E-state index contributed by atoms with van der Waals surface area (Å²) in [5, 5.41) is 21.7. The number of hydrogen-bond donors (Lipinski definition) is 2. The summed E-state index contributed by atoms with van der Waals surface area (Å²) in [6.07, 6.45) is 1.47. The number of anilines is 1. The van der Waals surface area contributed by atoms with E-state index < -0.39 is 5.91 Å². The summed E-state index contributed by atoms with van der Waals surface area (Å²) in [5.74, 6) is 0.320. The van der Waals surface area contributed by atoms with Gasteiger partial charge in [0.15, 0.2) is 0 Å². The lowest BCUT2D eigenvalue weighted by Crippen LogP contribution is -2.13. The van der Waals surface area contributed by atoms with E-state index in [1.165, 1.54) is 6.08 Å². The number of aromatic hydroxyl groups is 1. The maximum atomic E-state index is 12.3. The molecule has 2 rings (SSSR count). The molecule has 0 aromatic heterocycles. The standard InChI is InChI=1S/C18H14BrIN2O3/c1-2-25-14-5-3-13(4-6-14)22-18(24)12(10-21)7-11-8-15(19)17(23)16(20)9-11/h3-9,23H,2H2,1H3,(H,22,24)/b12-7+. The van der Waals surface area contributed by atoms with Gasteiger partial charge < -0.3 is 15.2 Å². The van der Waals surface area contributed by atoms with E-state index in [9.17, 15) is 15.2 Å². The average molecular weight is 513 g/mol. The number of nitrogens with zero attached hydrogens (tertiary/aromatic N) is 1. The SMILES string of the molecule is CCOc1ccc(NC(=O)/C(C#N)=C/c2cc(Br)c(O)c(I)c2)cc1. The van der Waals surface area contributed by atoms with E-state index in [1.54, 1.807) is 36.4 Å². The smallest absolute Gasteiger partial charge is 0.266 e. The molecule has 128 valence electrons. The van der Waals surface area contributed by atoms with Gasteiger partial charge in [-0.2, -0.15) is 5.26 Å². The second-order valence-corrected chi connectivity index (χ2v) is 6.93. The van der Waals surface area contributed by atoms with Crippen LogP contribution in [0.3, 0.4) is 0 Å². The van der Waals surface area contributed by atoms with Crippen molar-refractivity contribution in [2.45, 2.75) is 6.92 Å². The van der Waals surface area contributed by atoms with Gasteiger partial charge >= 0.3 is 0 Å². The van der Waals surface area contributed by atoms with Crippen LogP contribution in [0.25, 0.3) is 6.08 Å². The lowest BCUT2D eigenvalue weighted by molar-refractivity contribution is -0.112. The molecule has 0 spiro atoms. The van der Waals surface area contributed by atoms with Crippen LogP contribution in [0.1, 0.15) is 12.5 Å². The molecular weight excluding hydrogens is 499 g/mol. The molecule has 2 aromatic carbocycles. The topological polar surface area (TPSA) is 82.3 Å². The van der Waals surface area contributed by atoms with Crippen molar-refractivity contribution in [2.24, 2.45) is 0 Å². The second kappa shape index (κ2) is 8.87. The fraction of sp³-hybridized carbons (Fsp3) is 0.111. The molecule has 0 heterocycles. The predicted octanol–water partition coefficient (Wildman–Crippen LogP) is 4.70. The number of nitrogens with one attached hydrogen (secondary N) is 1. The molecule has 2 aromatic rings. The normalized spacial score (nSPS) is 10.9. The van der Waals surface area contributed by atoms with Gasteiger partial charge in [-0.25, -0.2) is 0 Å². The van der Waals surface area contributed by atoms with E-state index in [0.717, 1.165) is 0 Å². The Bertz CT molecular complexity index is 835. The molecule has 0 unspecified atom stereocenters. The first-order valence-electron chi connectivity index (χ1n) is 7.28. The van der Waals surface area contributed by atoms with Crippen LogP contribution in [0, 0.1) is 14.9 Å². The van der Waals surface area contributed by atoms with E-state index in [4.69, 9.17) is 4.74 Å². The number of rotatable bonds is 5. The molecule has 0 aliphatic carbocycles. The molecule has 0 radical (unpaired) electrons. The highest BCUT2D eigenvalue weighted by Gasteiger charge is 2.11. The van der Waals surface area contributed by atoms with E-state index in [2.05, 4.69) is 21.2 Å². The molecule has 7 heteroatoms. The Morgan fingerprint density at radius 3 is 2.64 bits per heavy atom. The Kier molecular flexibility index (Phi) is 6.84. The lowest BCUT2D eigenvalue weighted by atomic mass is 10.1. The first-order chi connectivity index (χ1) is 11.9. The number of benzene rings is 2. The lowest BCUT2D eigenvalue weighted by Gasteiger charge is -2.07. The minimum atomic E-state index is -0.508. The summed E-state index contributed by atoms with van der Waals surface area (Å²) in [6, 6.07) is 12.1. The van der Waals surface area contributed by atoms with Gasteiger partial charge in [-0.1, -0.05) is 0 Å². The quantitative estimate of drug-likeness (QED) is 0.345. The first-order valence-corrected chi connectivity index (χ1v) is 9.15. The van der Waals surface area contributed by atoms with Crippen LogP contribution < -0.4 is 10.1 Å². The van der Waals surface area contributed by atoms with Gasteiger partial charge in [0.1, 0.15) is 23.1 Å². The van der Waals surface area contributed by atoms with E-state index in [1.807, 2.05) is 35.6 Å². The maximum Gasteiger partial charge on any atom is 0.266 e. The maximum absolute atomic E-state index is 12.3. The van der Waals surface area contributed by atoms with Crippen molar-refractivity contribution in [3.05, 3.63) is 55.6 Å². The predicted molar refractivity (Wildman–Crippen MR) is 108 cm³/mol. The Labute approximate surface area is 167 Å². The number of hydrogen-bond acceptors (Lipinski definition) is 4. The Balaban J connectivity index is 2.19. The van der Waals surface area contributed by atoms with Crippen molar-refractivity contribution < 1.29 is 14.6 Å². The molecule has 0 aliphatic heterocycles. The summed E-state index contributed by atoms with van der Waals surface area (Å²) >= 11 is 5.22. The van der Waals surface area contributed by atoms with E-state index in [-0.39, 0.29) is 11.3 Å². The molecular formula is C18H14BrIN2O3. The van der Waals surface area contributed by atoms with Gasteiger partial charge in [0.2, 0.25) is 0 Å². The largest absolute Gasteiger partial charge is 0.506 e. The second-order valence-electron chi connectivity index (χ2n) is 4.91. The van der Waals surface area contributed by atoms with Crippen LogP contribution in [-0.4, -0.2) is 17.6 Å². The number of nitriles is 1. The van der Waals surface area contributed by atoms with Crippen LogP contribution >= 0.6 is 38.5 Å². The van der Waals surface area contributed by atoms with Crippen molar-refractivity contribution in [1.82, 2.24) is 0 Å². The molecule has 0 atom stereocenters. The molecule has 0 bridgehead atoms. The zero-order valence-electron chi connectivity index (χ0n) is 13.2. The van der Waals surface area contributed by atoms with Crippen LogP contribution in [0.2, 0.25) is 0 Å². The molecule has 2 N–H and O–H groups in total. The van der Waals surface area contributed by atoms with Gasteiger partial charge in [-0.05, 0) is 93.5 Å². The highest BCUT2D eigenvalue weighted by Crippen LogP contribution is 2.31. The third-order valence-electron chi connectivity index (χ3n) is 3.14. The minimum absolute atomic E-state index is 0.0396. The van der Waals surface area contributed by atoms with Crippen molar-refractivity contribution in [3.63, 3.8) is 0 Å². The van der Waals surface area contributed by atoms with Crippen molar-refractivity contribution in [2.75, 3.05) is 11.9 Å². The number of phenolic OH excluding ortho intramolecular Hbond substituents is 1. The number of halogens is 2. The number of carbonyl (C=O) groups is 1. The Hall–Kier alpha value is -2.05. The summed E-state index contributed by atoms with van der Waals surface area (Å²) in [7, 11) is 0. The summed E-state index contributed by atoms with van der Waals surface area (Å²) in [4.78, 5) is 12.3. The van der Waals surface area contributed by atoms with Gasteiger partial charge in [0.25, 0.3) is 5.91 Å². The van der Waals surface area contributed by atoms with Crippen molar-refractivity contribution >= 4 is 56.2 Å². The zero-order valence-corrected chi connectivity index (χ0v) is 17.0. The summed E-state index contributed by atoms with van der Waals surface area (Å²) in [5.41, 5.74) is 1.16. The molecule has 0 fully saturated rings. The Morgan fingerprint density at radius 1 is 1.40 bits per heavy atom. The van der Waals surface area contributed by atoms with E-state index >= 15 is 0 Å². The fourth-order valence-electron chi connectivity index (χ4n) is 1.98. The van der Waals surface area contributed by atoms with Gasteiger partial charge in [-0.3, -0.25) is 4.79 Å². The summed E-state index contributed by atoms with van der Waals surface area (Å²) in [6.45, 7) is 2.45. The third kappa shape index (κ3) is 5.21. The zero-order chi connectivity index (χ0) is 18.4. The minimum Gasteiger partial charge on any atom is -0.506 e. The van der Waals surface area contributed by atoms with Crippen molar-refractivity contribution in [3.8, 4) is 17.6 Å². The number of carbonyl (C=O) groups excluding carboxylic acids is 1. The first kappa shape index (κ1) is 19.3. The molecule has 0 saturated heterocycles. The monoisotopic (exact) mass is 512 g/mol. The van der Waals surface area contributed by atoms with Crippen LogP contribution in [-0.2, 0) is 4.79 Å². The number of ether oxygens (including phenoxy) is 1.